The summed E-state index contributed by atoms with van der Waals surface area (Å²) in [7, 11) is 0. The number of hydrogen-bond acceptors (Lipinski definition) is 4. The lowest BCUT2D eigenvalue weighted by Crippen LogP contribution is -2.36. The summed E-state index contributed by atoms with van der Waals surface area (Å²) in [5.74, 6) is 0.258. The van der Waals surface area contributed by atoms with Crippen LogP contribution in [0.1, 0.15) is 43.7 Å². The van der Waals surface area contributed by atoms with E-state index in [4.69, 9.17) is 12.2 Å². The van der Waals surface area contributed by atoms with Gasteiger partial charge in [0.15, 0.2) is 10.6 Å². The fourth-order valence-corrected chi connectivity index (χ4v) is 4.39. The first kappa shape index (κ1) is 17.4. The number of fused-ring (bicyclic) bond motifs is 1. The van der Waals surface area contributed by atoms with Crippen molar-refractivity contribution in [2.75, 3.05) is 5.32 Å². The minimum atomic E-state index is -0.409. The number of nitrogens with one attached hydrogen (secondary N) is 3. The van der Waals surface area contributed by atoms with Gasteiger partial charge in [0, 0.05) is 28.1 Å². The monoisotopic (exact) mass is 431 g/mol. The first-order chi connectivity index (χ1) is 12.2. The molecule has 134 valence electrons. The molecule has 1 aromatic heterocycles. The molecule has 1 aliphatic carbocycles. The average Bonchev–Trinajstić information content (AvgIpc) is 2.52. The Labute approximate surface area is 164 Å². The molecule has 0 fully saturated rings. The summed E-state index contributed by atoms with van der Waals surface area (Å²) in [6.07, 6.45) is 1.21. The van der Waals surface area contributed by atoms with E-state index in [9.17, 15) is 9.59 Å². The maximum absolute atomic E-state index is 13.0. The van der Waals surface area contributed by atoms with E-state index in [1.807, 2.05) is 24.3 Å². The lowest BCUT2D eigenvalue weighted by atomic mass is 9.69. The van der Waals surface area contributed by atoms with E-state index in [1.54, 1.807) is 0 Å². The van der Waals surface area contributed by atoms with Crippen LogP contribution in [0.4, 0.5) is 5.82 Å². The molecule has 7 heteroatoms. The molecule has 0 saturated carbocycles. The van der Waals surface area contributed by atoms with Crippen LogP contribution in [0.5, 0.6) is 0 Å². The molecule has 2 aliphatic rings. The zero-order valence-electron chi connectivity index (χ0n) is 14.4. The highest BCUT2D eigenvalue weighted by Gasteiger charge is 2.41. The molecule has 1 aliphatic heterocycles. The highest BCUT2D eigenvalue weighted by Crippen LogP contribution is 2.47. The number of carbonyl (C=O) groups excluding carboxylic acids is 1. The number of carbonyl (C=O) groups is 1. The number of benzene rings is 1. The normalized spacial score (nSPS) is 21.0. The molecule has 3 N–H and O–H groups in total. The fraction of sp³-hybridized carbons (Fsp3) is 0.316. The van der Waals surface area contributed by atoms with Gasteiger partial charge in [0.1, 0.15) is 5.82 Å². The standard InChI is InChI=1S/C19H18BrN3O2S/c1-19(2)7-11-14(12(24)8-19)13(9-3-5-10(20)6-4-9)15-16(21-11)22-18(26)23-17(15)25/h3-6,13H,7-8H2,1-2H3,(H3,21,22,23,25,26)/t13-/m1/s1. The van der Waals surface area contributed by atoms with Crippen molar-refractivity contribution < 1.29 is 4.79 Å². The maximum atomic E-state index is 13.0. The van der Waals surface area contributed by atoms with Gasteiger partial charge in [0.2, 0.25) is 0 Å². The smallest absolute Gasteiger partial charge is 0.257 e. The van der Waals surface area contributed by atoms with Crippen LogP contribution in [0.25, 0.3) is 0 Å². The molecule has 0 amide bonds. The third kappa shape index (κ3) is 2.89. The predicted octanol–water partition coefficient (Wildman–Crippen LogP) is 4.40. The summed E-state index contributed by atoms with van der Waals surface area (Å²) in [5.41, 5.74) is 2.59. The number of H-pyrrole nitrogens is 2. The summed E-state index contributed by atoms with van der Waals surface area (Å²) in [6, 6.07) is 7.74. The number of anilines is 1. The number of aromatic amines is 2. The first-order valence-electron chi connectivity index (χ1n) is 8.40. The molecule has 26 heavy (non-hydrogen) atoms. The zero-order valence-corrected chi connectivity index (χ0v) is 16.8. The molecule has 2 aromatic rings. The Bertz CT molecular complexity index is 1060. The Morgan fingerprint density at radius 1 is 1.12 bits per heavy atom. The van der Waals surface area contributed by atoms with Crippen molar-refractivity contribution in [2.24, 2.45) is 5.41 Å². The van der Waals surface area contributed by atoms with E-state index in [0.29, 0.717) is 23.4 Å². The van der Waals surface area contributed by atoms with Crippen LogP contribution in [0.15, 0.2) is 44.8 Å². The van der Waals surface area contributed by atoms with Crippen LogP contribution < -0.4 is 10.9 Å². The topological polar surface area (TPSA) is 77.8 Å². The number of rotatable bonds is 1. The Kier molecular flexibility index (Phi) is 4.04. The quantitative estimate of drug-likeness (QED) is 0.584. The zero-order chi connectivity index (χ0) is 18.6. The molecule has 2 heterocycles. The summed E-state index contributed by atoms with van der Waals surface area (Å²) in [6.45, 7) is 4.17. The summed E-state index contributed by atoms with van der Waals surface area (Å²) in [4.78, 5) is 31.5. The van der Waals surface area contributed by atoms with Gasteiger partial charge < -0.3 is 10.3 Å². The SMILES string of the molecule is CC1(C)CC(=O)C2=C(C1)Nc1[nH]c(=S)[nH]c(=O)c1[C@@H]2c1ccc(Br)cc1. The lowest BCUT2D eigenvalue weighted by molar-refractivity contribution is -0.118. The van der Waals surface area contributed by atoms with Crippen LogP contribution in [0, 0.1) is 10.2 Å². The van der Waals surface area contributed by atoms with E-state index >= 15 is 0 Å². The molecular formula is C19H18BrN3O2S. The number of hydrogen-bond donors (Lipinski definition) is 3. The third-order valence-electron chi connectivity index (χ3n) is 4.96. The van der Waals surface area contributed by atoms with E-state index < -0.39 is 5.92 Å². The predicted molar refractivity (Wildman–Crippen MR) is 107 cm³/mol. The highest BCUT2D eigenvalue weighted by atomic mass is 79.9. The van der Waals surface area contributed by atoms with Gasteiger partial charge in [-0.25, -0.2) is 0 Å². The Hall–Kier alpha value is -1.99. The number of ketones is 1. The molecule has 0 spiro atoms. The van der Waals surface area contributed by atoms with Crippen LogP contribution in [-0.2, 0) is 4.79 Å². The van der Waals surface area contributed by atoms with Crippen molar-refractivity contribution in [3.8, 4) is 0 Å². The Morgan fingerprint density at radius 3 is 2.50 bits per heavy atom. The minimum absolute atomic E-state index is 0.0872. The van der Waals surface area contributed by atoms with Crippen LogP contribution in [-0.4, -0.2) is 15.8 Å². The highest BCUT2D eigenvalue weighted by molar-refractivity contribution is 9.10. The van der Waals surface area contributed by atoms with E-state index in [2.05, 4.69) is 45.1 Å². The second-order valence-electron chi connectivity index (χ2n) is 7.64. The summed E-state index contributed by atoms with van der Waals surface area (Å²) >= 11 is 8.57. The molecule has 5 nitrogen and oxygen atoms in total. The van der Waals surface area contributed by atoms with Gasteiger partial charge in [-0.05, 0) is 41.7 Å². The largest absolute Gasteiger partial charge is 0.344 e. The van der Waals surface area contributed by atoms with Crippen molar-refractivity contribution in [1.82, 2.24) is 9.97 Å². The fourth-order valence-electron chi connectivity index (χ4n) is 3.94. The van der Waals surface area contributed by atoms with Crippen molar-refractivity contribution in [3.05, 3.63) is 66.3 Å². The van der Waals surface area contributed by atoms with Gasteiger partial charge in [-0.3, -0.25) is 14.6 Å². The molecule has 0 unspecified atom stereocenters. The molecule has 0 radical (unpaired) electrons. The van der Waals surface area contributed by atoms with Gasteiger partial charge in [-0.1, -0.05) is 41.9 Å². The Balaban J connectivity index is 2.00. The number of allylic oxidation sites excluding steroid dienone is 2. The van der Waals surface area contributed by atoms with Gasteiger partial charge in [0.05, 0.1) is 5.56 Å². The first-order valence-corrected chi connectivity index (χ1v) is 9.60. The van der Waals surface area contributed by atoms with E-state index in [-0.39, 0.29) is 21.5 Å². The van der Waals surface area contributed by atoms with Crippen LogP contribution in [0.2, 0.25) is 0 Å². The van der Waals surface area contributed by atoms with E-state index in [0.717, 1.165) is 22.2 Å². The van der Waals surface area contributed by atoms with E-state index in [1.165, 1.54) is 0 Å². The van der Waals surface area contributed by atoms with Crippen molar-refractivity contribution in [1.29, 1.82) is 0 Å². The third-order valence-corrected chi connectivity index (χ3v) is 5.69. The molecule has 1 aromatic carbocycles. The Morgan fingerprint density at radius 2 is 1.81 bits per heavy atom. The molecule has 0 saturated heterocycles. The minimum Gasteiger partial charge on any atom is -0.344 e. The summed E-state index contributed by atoms with van der Waals surface area (Å²) in [5, 5.41) is 3.29. The second kappa shape index (κ2) is 6.03. The number of aromatic nitrogens is 2. The summed E-state index contributed by atoms with van der Waals surface area (Å²) < 4.78 is 1.21. The second-order valence-corrected chi connectivity index (χ2v) is 8.96. The van der Waals surface area contributed by atoms with Crippen LogP contribution >= 0.6 is 28.1 Å². The van der Waals surface area contributed by atoms with Gasteiger partial charge in [-0.15, -0.1) is 0 Å². The molecule has 0 bridgehead atoms. The molecule has 1 atom stereocenters. The van der Waals surface area contributed by atoms with Gasteiger partial charge in [-0.2, -0.15) is 0 Å². The average molecular weight is 432 g/mol. The van der Waals surface area contributed by atoms with Crippen molar-refractivity contribution in [2.45, 2.75) is 32.6 Å². The van der Waals surface area contributed by atoms with Gasteiger partial charge >= 0.3 is 0 Å². The number of Topliss-reactive ketones (excluding diaryl/α,β-unsaturated/α-hetero) is 1. The van der Waals surface area contributed by atoms with Crippen molar-refractivity contribution in [3.63, 3.8) is 0 Å². The maximum Gasteiger partial charge on any atom is 0.257 e. The van der Waals surface area contributed by atoms with Gasteiger partial charge in [0.25, 0.3) is 5.56 Å². The molecular weight excluding hydrogens is 414 g/mol. The van der Waals surface area contributed by atoms with Crippen molar-refractivity contribution >= 4 is 39.7 Å². The lowest BCUT2D eigenvalue weighted by Gasteiger charge is -2.38. The molecule has 4 rings (SSSR count). The van der Waals surface area contributed by atoms with Crippen LogP contribution in [0.3, 0.4) is 0 Å². The number of halogens is 1.